The Balaban J connectivity index is 2.01. The van der Waals surface area contributed by atoms with Gasteiger partial charge in [-0.2, -0.15) is 5.10 Å². The highest BCUT2D eigenvalue weighted by Crippen LogP contribution is 2.40. The van der Waals surface area contributed by atoms with Crippen molar-refractivity contribution < 1.29 is 4.74 Å². The minimum absolute atomic E-state index is 0.0886. The van der Waals surface area contributed by atoms with Crippen LogP contribution < -0.4 is 4.74 Å². The Hall–Kier alpha value is -1.51. The Labute approximate surface area is 88.4 Å². The lowest BCUT2D eigenvalue weighted by Gasteiger charge is -2.12. The van der Waals surface area contributed by atoms with Crippen molar-refractivity contribution in [2.24, 2.45) is 0 Å². The van der Waals surface area contributed by atoms with Gasteiger partial charge in [-0.3, -0.25) is 5.10 Å². The normalized spacial score (nSPS) is 18.0. The Morgan fingerprint density at radius 1 is 1.40 bits per heavy atom. The number of fused-ring (bicyclic) bond motifs is 1. The third kappa shape index (κ3) is 1.48. The van der Waals surface area contributed by atoms with Crippen molar-refractivity contribution in [2.45, 2.75) is 32.3 Å². The van der Waals surface area contributed by atoms with Gasteiger partial charge in [0.1, 0.15) is 11.4 Å². The quantitative estimate of drug-likeness (QED) is 0.813. The van der Waals surface area contributed by atoms with Gasteiger partial charge in [-0.25, -0.2) is 0 Å². The third-order valence-corrected chi connectivity index (χ3v) is 3.03. The third-order valence-electron chi connectivity index (χ3n) is 3.03. The van der Waals surface area contributed by atoms with Crippen molar-refractivity contribution in [3.05, 3.63) is 23.9 Å². The molecule has 78 valence electrons. The second-order valence-corrected chi connectivity index (χ2v) is 4.58. The van der Waals surface area contributed by atoms with Crippen LogP contribution in [0.15, 0.2) is 18.2 Å². The maximum Gasteiger partial charge on any atom is 0.120 e. The minimum Gasteiger partial charge on any atom is -0.488 e. The lowest BCUT2D eigenvalue weighted by Crippen LogP contribution is -2.11. The van der Waals surface area contributed by atoms with E-state index in [1.165, 1.54) is 0 Å². The van der Waals surface area contributed by atoms with Crippen LogP contribution in [0.3, 0.4) is 0 Å². The second-order valence-electron chi connectivity index (χ2n) is 4.58. The summed E-state index contributed by atoms with van der Waals surface area (Å²) in [7, 11) is 0. The molecule has 15 heavy (non-hydrogen) atoms. The Bertz CT molecular complexity index is 511. The molecule has 1 heterocycles. The van der Waals surface area contributed by atoms with Crippen molar-refractivity contribution in [1.82, 2.24) is 10.2 Å². The van der Waals surface area contributed by atoms with Crippen LogP contribution in [0.2, 0.25) is 0 Å². The second kappa shape index (κ2) is 2.75. The topological polar surface area (TPSA) is 37.9 Å². The molecule has 0 radical (unpaired) electrons. The van der Waals surface area contributed by atoms with Gasteiger partial charge in [-0.05, 0) is 44.9 Å². The molecule has 1 fully saturated rings. The molecular formula is C12H14N2O. The first-order valence-corrected chi connectivity index (χ1v) is 5.30. The van der Waals surface area contributed by atoms with Gasteiger partial charge in [0.2, 0.25) is 0 Å². The van der Waals surface area contributed by atoms with Crippen molar-refractivity contribution in [3.63, 3.8) is 0 Å². The number of rotatable bonds is 2. The lowest BCUT2D eigenvalue weighted by atomic mass is 10.2. The average molecular weight is 202 g/mol. The Morgan fingerprint density at radius 2 is 2.20 bits per heavy atom. The van der Waals surface area contributed by atoms with Gasteiger partial charge in [0.05, 0.1) is 5.52 Å². The predicted molar refractivity (Wildman–Crippen MR) is 59.1 cm³/mol. The van der Waals surface area contributed by atoms with Crippen LogP contribution in [0.5, 0.6) is 5.75 Å². The summed E-state index contributed by atoms with van der Waals surface area (Å²) in [4.78, 5) is 0. The molecular weight excluding hydrogens is 188 g/mol. The highest BCUT2D eigenvalue weighted by atomic mass is 16.5. The molecule has 1 aromatic heterocycles. The van der Waals surface area contributed by atoms with Crippen molar-refractivity contribution >= 4 is 10.9 Å². The summed E-state index contributed by atoms with van der Waals surface area (Å²) >= 11 is 0. The van der Waals surface area contributed by atoms with Crippen LogP contribution in [0, 0.1) is 6.92 Å². The molecule has 3 rings (SSSR count). The lowest BCUT2D eigenvalue weighted by molar-refractivity contribution is 0.200. The molecule has 2 aromatic rings. The van der Waals surface area contributed by atoms with Crippen LogP contribution in [0.1, 0.15) is 25.5 Å². The van der Waals surface area contributed by atoms with E-state index in [0.29, 0.717) is 0 Å². The molecule has 3 heteroatoms. The predicted octanol–water partition coefficient (Wildman–Crippen LogP) is 2.80. The van der Waals surface area contributed by atoms with Gasteiger partial charge >= 0.3 is 0 Å². The fourth-order valence-electron chi connectivity index (χ4n) is 1.74. The van der Waals surface area contributed by atoms with E-state index < -0.39 is 0 Å². The van der Waals surface area contributed by atoms with Crippen LogP contribution in [-0.4, -0.2) is 15.8 Å². The van der Waals surface area contributed by atoms with E-state index >= 15 is 0 Å². The van der Waals surface area contributed by atoms with E-state index in [1.807, 2.05) is 19.1 Å². The molecule has 1 aliphatic carbocycles. The highest BCUT2D eigenvalue weighted by molar-refractivity contribution is 5.82. The van der Waals surface area contributed by atoms with E-state index in [-0.39, 0.29) is 5.60 Å². The van der Waals surface area contributed by atoms with Gasteiger partial charge in [0, 0.05) is 11.1 Å². The monoisotopic (exact) mass is 202 g/mol. The van der Waals surface area contributed by atoms with Gasteiger partial charge in [-0.1, -0.05) is 0 Å². The molecule has 1 aliphatic rings. The number of aromatic nitrogens is 2. The van der Waals surface area contributed by atoms with Gasteiger partial charge in [0.15, 0.2) is 0 Å². The number of nitrogens with zero attached hydrogens (tertiary/aromatic N) is 1. The first kappa shape index (κ1) is 8.77. The number of aromatic amines is 1. The summed E-state index contributed by atoms with van der Waals surface area (Å²) in [5.41, 5.74) is 2.18. The number of hydrogen-bond donors (Lipinski definition) is 1. The van der Waals surface area contributed by atoms with E-state index in [9.17, 15) is 0 Å². The standard InChI is InChI=1S/C12H14N2O/c1-8-10-7-9(15-12(2)5-6-12)3-4-11(10)14-13-8/h3-4,7H,5-6H2,1-2H3,(H,13,14). The number of aryl methyl sites for hydroxylation is 1. The van der Waals surface area contributed by atoms with Gasteiger partial charge < -0.3 is 4.74 Å². The van der Waals surface area contributed by atoms with Crippen LogP contribution in [0.4, 0.5) is 0 Å². The van der Waals surface area contributed by atoms with Gasteiger partial charge in [0.25, 0.3) is 0 Å². The molecule has 0 spiro atoms. The summed E-state index contributed by atoms with van der Waals surface area (Å²) < 4.78 is 5.90. The van der Waals surface area contributed by atoms with Crippen LogP contribution >= 0.6 is 0 Å². The molecule has 1 saturated carbocycles. The average Bonchev–Trinajstić information content (AvgIpc) is 2.82. The van der Waals surface area contributed by atoms with E-state index in [1.54, 1.807) is 0 Å². The van der Waals surface area contributed by atoms with Crippen molar-refractivity contribution in [3.8, 4) is 5.75 Å². The summed E-state index contributed by atoms with van der Waals surface area (Å²) in [6, 6.07) is 6.06. The highest BCUT2D eigenvalue weighted by Gasteiger charge is 2.40. The van der Waals surface area contributed by atoms with E-state index in [0.717, 1.165) is 35.2 Å². The first-order valence-electron chi connectivity index (χ1n) is 5.30. The molecule has 0 amide bonds. The first-order chi connectivity index (χ1) is 7.16. The molecule has 0 atom stereocenters. The number of hydrogen-bond acceptors (Lipinski definition) is 2. The smallest absolute Gasteiger partial charge is 0.120 e. The summed E-state index contributed by atoms with van der Waals surface area (Å²) in [5.74, 6) is 0.951. The molecule has 1 N–H and O–H groups in total. The molecule has 0 aliphatic heterocycles. The number of nitrogens with one attached hydrogen (secondary N) is 1. The molecule has 3 nitrogen and oxygen atoms in total. The maximum atomic E-state index is 5.90. The number of ether oxygens (including phenoxy) is 1. The molecule has 0 bridgehead atoms. The van der Waals surface area contributed by atoms with Crippen molar-refractivity contribution in [1.29, 1.82) is 0 Å². The number of H-pyrrole nitrogens is 1. The van der Waals surface area contributed by atoms with E-state index in [4.69, 9.17) is 4.74 Å². The molecule has 0 unspecified atom stereocenters. The molecule has 0 saturated heterocycles. The number of benzene rings is 1. The van der Waals surface area contributed by atoms with Gasteiger partial charge in [-0.15, -0.1) is 0 Å². The van der Waals surface area contributed by atoms with Crippen LogP contribution in [0.25, 0.3) is 10.9 Å². The Morgan fingerprint density at radius 3 is 2.93 bits per heavy atom. The van der Waals surface area contributed by atoms with E-state index in [2.05, 4.69) is 23.2 Å². The molecule has 1 aromatic carbocycles. The fraction of sp³-hybridized carbons (Fsp3) is 0.417. The fourth-order valence-corrected chi connectivity index (χ4v) is 1.74. The van der Waals surface area contributed by atoms with Crippen molar-refractivity contribution in [2.75, 3.05) is 0 Å². The van der Waals surface area contributed by atoms with Crippen LogP contribution in [-0.2, 0) is 0 Å². The maximum absolute atomic E-state index is 5.90. The zero-order valence-corrected chi connectivity index (χ0v) is 9.00. The zero-order valence-electron chi connectivity index (χ0n) is 9.00. The SMILES string of the molecule is Cc1[nH]nc2ccc(OC3(C)CC3)cc12. The largest absolute Gasteiger partial charge is 0.488 e. The zero-order chi connectivity index (χ0) is 10.5. The summed E-state index contributed by atoms with van der Waals surface area (Å²) in [6.45, 7) is 4.18. The minimum atomic E-state index is 0.0886. The summed E-state index contributed by atoms with van der Waals surface area (Å²) in [6.07, 6.45) is 2.32. The Kier molecular flexibility index (Phi) is 1.61. The summed E-state index contributed by atoms with van der Waals surface area (Å²) in [5, 5.41) is 8.32.